The summed E-state index contributed by atoms with van der Waals surface area (Å²) in [5, 5.41) is 2.94. The molecule has 1 aromatic rings. The van der Waals surface area contributed by atoms with Gasteiger partial charge < -0.3 is 9.88 Å². The van der Waals surface area contributed by atoms with Crippen LogP contribution in [-0.4, -0.2) is 28.9 Å². The summed E-state index contributed by atoms with van der Waals surface area (Å²) in [5.41, 5.74) is 0. The Morgan fingerprint density at radius 1 is 1.69 bits per heavy atom. The zero-order chi connectivity index (χ0) is 9.68. The van der Waals surface area contributed by atoms with Gasteiger partial charge in [-0.05, 0) is 14.0 Å². The highest BCUT2D eigenvalue weighted by Gasteiger charge is 2.10. The fraction of sp³-hybridized carbons (Fsp3) is 0.556. The van der Waals surface area contributed by atoms with Gasteiger partial charge in [0.25, 0.3) is 0 Å². The molecule has 0 saturated carbocycles. The Balaban J connectivity index is 2.65. The fourth-order valence-electron chi connectivity index (χ4n) is 1.17. The summed E-state index contributed by atoms with van der Waals surface area (Å²) in [4.78, 5) is 15.5. The molecule has 0 aromatic carbocycles. The molecule has 0 amide bonds. The van der Waals surface area contributed by atoms with E-state index in [0.29, 0.717) is 18.8 Å². The zero-order valence-corrected chi connectivity index (χ0v) is 8.08. The van der Waals surface area contributed by atoms with Crippen LogP contribution in [0.25, 0.3) is 0 Å². The van der Waals surface area contributed by atoms with Gasteiger partial charge in [-0.15, -0.1) is 0 Å². The van der Waals surface area contributed by atoms with Crippen LogP contribution in [0.2, 0.25) is 0 Å². The second kappa shape index (κ2) is 4.77. The minimum Gasteiger partial charge on any atom is -0.329 e. The van der Waals surface area contributed by atoms with Gasteiger partial charge in [0.1, 0.15) is 0 Å². The van der Waals surface area contributed by atoms with Gasteiger partial charge >= 0.3 is 0 Å². The second-order valence-electron chi connectivity index (χ2n) is 2.81. The van der Waals surface area contributed by atoms with Crippen molar-refractivity contribution >= 4 is 5.78 Å². The Kier molecular flexibility index (Phi) is 3.64. The molecule has 4 heteroatoms. The number of carbonyl (C=O) groups is 1. The van der Waals surface area contributed by atoms with Crippen molar-refractivity contribution < 1.29 is 4.79 Å². The molecule has 0 spiro atoms. The molecule has 0 atom stereocenters. The zero-order valence-electron chi connectivity index (χ0n) is 8.08. The average Bonchev–Trinajstić information content (AvgIpc) is 2.61. The maximum atomic E-state index is 11.5. The molecule has 4 nitrogen and oxygen atoms in total. The predicted octanol–water partition coefficient (Wildman–Crippen LogP) is 0.695. The number of carbonyl (C=O) groups excluding carboxylic acids is 1. The van der Waals surface area contributed by atoms with Gasteiger partial charge in [0.15, 0.2) is 11.6 Å². The van der Waals surface area contributed by atoms with Crippen molar-refractivity contribution in [1.82, 2.24) is 14.9 Å². The first-order chi connectivity index (χ1) is 6.29. The molecular weight excluding hydrogens is 166 g/mol. The van der Waals surface area contributed by atoms with E-state index < -0.39 is 0 Å². The maximum Gasteiger partial charge on any atom is 0.199 e. The van der Waals surface area contributed by atoms with E-state index in [2.05, 4.69) is 10.3 Å². The van der Waals surface area contributed by atoms with Crippen LogP contribution in [0.5, 0.6) is 0 Å². The van der Waals surface area contributed by atoms with Gasteiger partial charge in [0.05, 0.1) is 0 Å². The van der Waals surface area contributed by atoms with Crippen LogP contribution in [0.1, 0.15) is 24.0 Å². The minimum absolute atomic E-state index is 0.0983. The summed E-state index contributed by atoms with van der Waals surface area (Å²) in [6.45, 7) is 3.49. The first-order valence-electron chi connectivity index (χ1n) is 4.48. The number of aryl methyl sites for hydroxylation is 1. The molecule has 1 rings (SSSR count). The highest BCUT2D eigenvalue weighted by atomic mass is 16.1. The number of ketones is 1. The van der Waals surface area contributed by atoms with E-state index in [4.69, 9.17) is 0 Å². The Morgan fingerprint density at radius 2 is 2.46 bits per heavy atom. The van der Waals surface area contributed by atoms with Gasteiger partial charge in [-0.1, -0.05) is 0 Å². The maximum absolute atomic E-state index is 11.5. The van der Waals surface area contributed by atoms with Crippen LogP contribution in [0.15, 0.2) is 12.4 Å². The number of Topliss-reactive ketones (excluding diaryl/α,β-unsaturated/α-hetero) is 1. The third-order valence-electron chi connectivity index (χ3n) is 1.91. The molecule has 0 aliphatic rings. The molecule has 0 saturated heterocycles. The molecule has 0 aliphatic heterocycles. The molecule has 13 heavy (non-hydrogen) atoms. The van der Waals surface area contributed by atoms with Crippen molar-refractivity contribution in [3.8, 4) is 0 Å². The lowest BCUT2D eigenvalue weighted by Gasteiger charge is -2.02. The third kappa shape index (κ3) is 2.39. The molecule has 0 unspecified atom stereocenters. The number of aromatic nitrogens is 2. The smallest absolute Gasteiger partial charge is 0.199 e. The van der Waals surface area contributed by atoms with Crippen molar-refractivity contribution in [1.29, 1.82) is 0 Å². The van der Waals surface area contributed by atoms with Crippen LogP contribution in [-0.2, 0) is 6.54 Å². The van der Waals surface area contributed by atoms with Crippen molar-refractivity contribution in [2.75, 3.05) is 13.6 Å². The molecule has 1 aromatic heterocycles. The van der Waals surface area contributed by atoms with Crippen molar-refractivity contribution in [2.24, 2.45) is 0 Å². The summed E-state index contributed by atoms with van der Waals surface area (Å²) < 4.78 is 1.86. The standard InChI is InChI=1S/C9H15N3O/c1-3-12-7-6-11-9(12)8(13)4-5-10-2/h6-7,10H,3-5H2,1-2H3. The largest absolute Gasteiger partial charge is 0.329 e. The van der Waals surface area contributed by atoms with Crippen LogP contribution < -0.4 is 5.32 Å². The van der Waals surface area contributed by atoms with E-state index in [0.717, 1.165) is 6.54 Å². The molecule has 0 fully saturated rings. The third-order valence-corrected chi connectivity index (χ3v) is 1.91. The SMILES string of the molecule is CCn1ccnc1C(=O)CCNC. The van der Waals surface area contributed by atoms with E-state index in [1.54, 1.807) is 6.20 Å². The average molecular weight is 181 g/mol. The van der Waals surface area contributed by atoms with E-state index in [1.807, 2.05) is 24.7 Å². The summed E-state index contributed by atoms with van der Waals surface area (Å²) in [5.74, 6) is 0.666. The number of hydrogen-bond donors (Lipinski definition) is 1. The first kappa shape index (κ1) is 9.92. The highest BCUT2D eigenvalue weighted by Crippen LogP contribution is 2.00. The first-order valence-corrected chi connectivity index (χ1v) is 4.48. The van der Waals surface area contributed by atoms with Crippen LogP contribution in [0, 0.1) is 0 Å². The number of hydrogen-bond acceptors (Lipinski definition) is 3. The molecule has 72 valence electrons. The Bertz CT molecular complexity index is 280. The van der Waals surface area contributed by atoms with E-state index in [-0.39, 0.29) is 5.78 Å². The molecule has 1 N–H and O–H groups in total. The summed E-state index contributed by atoms with van der Waals surface area (Å²) in [6, 6.07) is 0. The summed E-state index contributed by atoms with van der Waals surface area (Å²) in [7, 11) is 1.83. The lowest BCUT2D eigenvalue weighted by molar-refractivity contribution is 0.0969. The van der Waals surface area contributed by atoms with Gasteiger partial charge in [-0.25, -0.2) is 4.98 Å². The Labute approximate surface area is 78.0 Å². The molecule has 0 aliphatic carbocycles. The number of imidazole rings is 1. The molecular formula is C9H15N3O. The lowest BCUT2D eigenvalue weighted by Crippen LogP contribution is -2.16. The normalized spacial score (nSPS) is 10.3. The highest BCUT2D eigenvalue weighted by molar-refractivity contribution is 5.92. The second-order valence-corrected chi connectivity index (χ2v) is 2.81. The molecule has 0 bridgehead atoms. The van der Waals surface area contributed by atoms with Gasteiger partial charge in [-0.3, -0.25) is 4.79 Å². The lowest BCUT2D eigenvalue weighted by atomic mass is 10.2. The van der Waals surface area contributed by atoms with E-state index in [1.165, 1.54) is 0 Å². The van der Waals surface area contributed by atoms with Crippen molar-refractivity contribution in [2.45, 2.75) is 19.9 Å². The van der Waals surface area contributed by atoms with Crippen molar-refractivity contribution in [3.05, 3.63) is 18.2 Å². The van der Waals surface area contributed by atoms with Gasteiger partial charge in [0, 0.05) is 31.9 Å². The quantitative estimate of drug-likeness (QED) is 0.680. The predicted molar refractivity (Wildman–Crippen MR) is 50.8 cm³/mol. The number of nitrogens with one attached hydrogen (secondary N) is 1. The Morgan fingerprint density at radius 3 is 3.08 bits per heavy atom. The monoisotopic (exact) mass is 181 g/mol. The van der Waals surface area contributed by atoms with E-state index in [9.17, 15) is 4.79 Å². The number of nitrogens with zero attached hydrogens (tertiary/aromatic N) is 2. The summed E-state index contributed by atoms with van der Waals surface area (Å²) >= 11 is 0. The fourth-order valence-corrected chi connectivity index (χ4v) is 1.17. The topological polar surface area (TPSA) is 46.9 Å². The minimum atomic E-state index is 0.0983. The molecule has 1 heterocycles. The number of rotatable bonds is 5. The van der Waals surface area contributed by atoms with E-state index >= 15 is 0 Å². The van der Waals surface area contributed by atoms with Gasteiger partial charge in [0.2, 0.25) is 0 Å². The van der Waals surface area contributed by atoms with Crippen molar-refractivity contribution in [3.63, 3.8) is 0 Å². The van der Waals surface area contributed by atoms with Crippen LogP contribution in [0.4, 0.5) is 0 Å². The van der Waals surface area contributed by atoms with Crippen LogP contribution >= 0.6 is 0 Å². The van der Waals surface area contributed by atoms with Gasteiger partial charge in [-0.2, -0.15) is 0 Å². The molecule has 0 radical (unpaired) electrons. The Hall–Kier alpha value is -1.16. The van der Waals surface area contributed by atoms with Crippen LogP contribution in [0.3, 0.4) is 0 Å². The summed E-state index contributed by atoms with van der Waals surface area (Å²) in [6.07, 6.45) is 4.00.